The zero-order valence-electron chi connectivity index (χ0n) is 11.1. The largest absolute Gasteiger partial charge is 0.361 e. The van der Waals surface area contributed by atoms with Crippen LogP contribution < -0.4 is 5.32 Å². The first-order valence-electron chi connectivity index (χ1n) is 6.09. The molecule has 0 aliphatic carbocycles. The van der Waals surface area contributed by atoms with Crippen LogP contribution in [-0.2, 0) is 6.54 Å². The molecule has 0 saturated carbocycles. The number of halogens is 2. The molecule has 1 unspecified atom stereocenters. The van der Waals surface area contributed by atoms with Gasteiger partial charge >= 0.3 is 0 Å². The predicted molar refractivity (Wildman–Crippen MR) is 77.7 cm³/mol. The molecule has 0 bridgehead atoms. The molecule has 1 aromatic heterocycles. The summed E-state index contributed by atoms with van der Waals surface area (Å²) in [7, 11) is 0. The van der Waals surface area contributed by atoms with Crippen LogP contribution in [0.25, 0.3) is 0 Å². The number of aromatic nitrogens is 1. The van der Waals surface area contributed by atoms with Gasteiger partial charge in [0.05, 0.1) is 15.7 Å². The summed E-state index contributed by atoms with van der Waals surface area (Å²) < 4.78 is 5.14. The van der Waals surface area contributed by atoms with Crippen LogP contribution in [0.2, 0.25) is 10.0 Å². The maximum atomic E-state index is 6.02. The van der Waals surface area contributed by atoms with E-state index in [2.05, 4.69) is 17.4 Å². The Labute approximate surface area is 122 Å². The van der Waals surface area contributed by atoms with E-state index in [4.69, 9.17) is 27.7 Å². The van der Waals surface area contributed by atoms with Crippen molar-refractivity contribution < 1.29 is 4.52 Å². The summed E-state index contributed by atoms with van der Waals surface area (Å²) >= 11 is 11.9. The van der Waals surface area contributed by atoms with Crippen LogP contribution in [0.4, 0.5) is 0 Å². The molecule has 0 saturated heterocycles. The van der Waals surface area contributed by atoms with Crippen LogP contribution in [0.15, 0.2) is 22.7 Å². The van der Waals surface area contributed by atoms with Gasteiger partial charge in [0.2, 0.25) is 0 Å². The minimum atomic E-state index is 0.170. The third-order valence-electron chi connectivity index (χ3n) is 3.21. The number of hydrogen-bond donors (Lipinski definition) is 1. The second-order valence-electron chi connectivity index (χ2n) is 4.58. The molecule has 1 atom stereocenters. The molecular weight excluding hydrogens is 283 g/mol. The van der Waals surface area contributed by atoms with E-state index in [0.29, 0.717) is 16.6 Å². The molecule has 0 radical (unpaired) electrons. The summed E-state index contributed by atoms with van der Waals surface area (Å²) in [5.41, 5.74) is 3.12. The fourth-order valence-electron chi connectivity index (χ4n) is 1.91. The van der Waals surface area contributed by atoms with E-state index in [1.54, 1.807) is 0 Å². The Morgan fingerprint density at radius 2 is 2.00 bits per heavy atom. The van der Waals surface area contributed by atoms with Crippen molar-refractivity contribution in [2.45, 2.75) is 33.4 Å². The molecule has 102 valence electrons. The first kappa shape index (κ1) is 14.4. The zero-order valence-corrected chi connectivity index (χ0v) is 12.6. The van der Waals surface area contributed by atoms with E-state index in [-0.39, 0.29) is 6.04 Å². The normalized spacial score (nSPS) is 12.7. The predicted octanol–water partition coefficient (Wildman–Crippen LogP) is 4.45. The molecule has 19 heavy (non-hydrogen) atoms. The van der Waals surface area contributed by atoms with Crippen LogP contribution in [0.3, 0.4) is 0 Å². The summed E-state index contributed by atoms with van der Waals surface area (Å²) in [6, 6.07) is 5.84. The van der Waals surface area contributed by atoms with Gasteiger partial charge in [0, 0.05) is 18.2 Å². The van der Waals surface area contributed by atoms with Gasteiger partial charge < -0.3 is 9.84 Å². The SMILES string of the molecule is Cc1noc(C)c1CNC(C)c1ccc(Cl)c(Cl)c1. The lowest BCUT2D eigenvalue weighted by atomic mass is 10.1. The lowest BCUT2D eigenvalue weighted by Gasteiger charge is -2.14. The molecule has 0 fully saturated rings. The van der Waals surface area contributed by atoms with E-state index < -0.39 is 0 Å². The second-order valence-corrected chi connectivity index (χ2v) is 5.39. The standard InChI is InChI=1S/C14H16Cl2N2O/c1-8(11-4-5-13(15)14(16)6-11)17-7-12-9(2)18-19-10(12)3/h4-6,8,17H,7H2,1-3H3. The summed E-state index contributed by atoms with van der Waals surface area (Å²) in [6.07, 6.45) is 0. The van der Waals surface area contributed by atoms with Gasteiger partial charge in [0.1, 0.15) is 5.76 Å². The summed E-state index contributed by atoms with van der Waals surface area (Å²) in [5.74, 6) is 0.853. The Morgan fingerprint density at radius 1 is 1.26 bits per heavy atom. The van der Waals surface area contributed by atoms with E-state index in [0.717, 1.165) is 22.6 Å². The fourth-order valence-corrected chi connectivity index (χ4v) is 2.22. The van der Waals surface area contributed by atoms with Crippen molar-refractivity contribution in [2.24, 2.45) is 0 Å². The lowest BCUT2D eigenvalue weighted by Crippen LogP contribution is -2.18. The maximum Gasteiger partial charge on any atom is 0.138 e. The fraction of sp³-hybridized carbons (Fsp3) is 0.357. The van der Waals surface area contributed by atoms with Gasteiger partial charge in [-0.1, -0.05) is 34.4 Å². The molecule has 1 aromatic carbocycles. The quantitative estimate of drug-likeness (QED) is 0.906. The molecule has 5 heteroatoms. The Morgan fingerprint density at radius 3 is 2.58 bits per heavy atom. The molecule has 1 N–H and O–H groups in total. The molecule has 2 rings (SSSR count). The highest BCUT2D eigenvalue weighted by atomic mass is 35.5. The number of hydrogen-bond acceptors (Lipinski definition) is 3. The molecule has 0 spiro atoms. The molecule has 0 amide bonds. The van der Waals surface area contributed by atoms with Gasteiger partial charge in [-0.05, 0) is 38.5 Å². The molecule has 0 aliphatic heterocycles. The molecule has 3 nitrogen and oxygen atoms in total. The molecule has 1 heterocycles. The number of nitrogens with one attached hydrogen (secondary N) is 1. The highest BCUT2D eigenvalue weighted by Crippen LogP contribution is 2.25. The third kappa shape index (κ3) is 3.30. The van der Waals surface area contributed by atoms with Crippen LogP contribution in [0, 0.1) is 13.8 Å². The van der Waals surface area contributed by atoms with Gasteiger partial charge in [-0.25, -0.2) is 0 Å². The average molecular weight is 299 g/mol. The Hall–Kier alpha value is -1.03. The van der Waals surface area contributed by atoms with E-state index in [1.807, 2.05) is 32.0 Å². The van der Waals surface area contributed by atoms with Gasteiger partial charge in [-0.15, -0.1) is 0 Å². The number of rotatable bonds is 4. The van der Waals surface area contributed by atoms with Crippen molar-refractivity contribution >= 4 is 23.2 Å². The lowest BCUT2D eigenvalue weighted by molar-refractivity contribution is 0.391. The Kier molecular flexibility index (Phi) is 4.50. The van der Waals surface area contributed by atoms with Crippen molar-refractivity contribution in [3.63, 3.8) is 0 Å². The van der Waals surface area contributed by atoms with Crippen molar-refractivity contribution in [3.05, 3.63) is 50.8 Å². The van der Waals surface area contributed by atoms with Crippen LogP contribution in [0.5, 0.6) is 0 Å². The molecule has 2 aromatic rings. The average Bonchev–Trinajstić information content (AvgIpc) is 2.69. The smallest absolute Gasteiger partial charge is 0.138 e. The molecule has 0 aliphatic rings. The number of nitrogens with zero attached hydrogens (tertiary/aromatic N) is 1. The number of aryl methyl sites for hydroxylation is 2. The Bertz CT molecular complexity index is 561. The summed E-state index contributed by atoms with van der Waals surface area (Å²) in [6.45, 7) is 6.65. The monoisotopic (exact) mass is 298 g/mol. The third-order valence-corrected chi connectivity index (χ3v) is 3.95. The van der Waals surface area contributed by atoms with Crippen molar-refractivity contribution in [3.8, 4) is 0 Å². The van der Waals surface area contributed by atoms with Gasteiger partial charge in [0.25, 0.3) is 0 Å². The van der Waals surface area contributed by atoms with Crippen molar-refractivity contribution in [1.29, 1.82) is 0 Å². The first-order chi connectivity index (χ1) is 8.99. The maximum absolute atomic E-state index is 6.02. The van der Waals surface area contributed by atoms with E-state index in [9.17, 15) is 0 Å². The van der Waals surface area contributed by atoms with Gasteiger partial charge in [-0.2, -0.15) is 0 Å². The molecular formula is C14H16Cl2N2O. The highest BCUT2D eigenvalue weighted by Gasteiger charge is 2.12. The summed E-state index contributed by atoms with van der Waals surface area (Å²) in [4.78, 5) is 0. The first-order valence-corrected chi connectivity index (χ1v) is 6.84. The summed E-state index contributed by atoms with van der Waals surface area (Å²) in [5, 5.41) is 8.51. The van der Waals surface area contributed by atoms with Crippen LogP contribution >= 0.6 is 23.2 Å². The van der Waals surface area contributed by atoms with Crippen molar-refractivity contribution in [1.82, 2.24) is 10.5 Å². The van der Waals surface area contributed by atoms with Crippen LogP contribution in [-0.4, -0.2) is 5.16 Å². The minimum Gasteiger partial charge on any atom is -0.361 e. The topological polar surface area (TPSA) is 38.1 Å². The van der Waals surface area contributed by atoms with Crippen molar-refractivity contribution in [2.75, 3.05) is 0 Å². The van der Waals surface area contributed by atoms with E-state index in [1.165, 1.54) is 0 Å². The van der Waals surface area contributed by atoms with E-state index >= 15 is 0 Å². The van der Waals surface area contributed by atoms with Gasteiger partial charge in [-0.3, -0.25) is 0 Å². The number of benzene rings is 1. The second kappa shape index (κ2) is 5.95. The highest BCUT2D eigenvalue weighted by molar-refractivity contribution is 6.42. The van der Waals surface area contributed by atoms with Crippen LogP contribution in [0.1, 0.15) is 35.5 Å². The zero-order chi connectivity index (χ0) is 14.0. The van der Waals surface area contributed by atoms with Gasteiger partial charge in [0.15, 0.2) is 0 Å². The Balaban J connectivity index is 2.05. The minimum absolute atomic E-state index is 0.170.